The lowest BCUT2D eigenvalue weighted by Crippen LogP contribution is -2.32. The number of nitrogens with two attached hydrogens (primary N) is 2. The summed E-state index contributed by atoms with van der Waals surface area (Å²) in [5.41, 5.74) is 13.1. The van der Waals surface area contributed by atoms with Crippen molar-refractivity contribution in [2.75, 3.05) is 0 Å². The molecular weight excluding hydrogens is 228 g/mol. The molecule has 0 fully saturated rings. The zero-order chi connectivity index (χ0) is 13.3. The van der Waals surface area contributed by atoms with Gasteiger partial charge in [-0.1, -0.05) is 12.1 Å². The summed E-state index contributed by atoms with van der Waals surface area (Å²) in [7, 11) is 0. The Morgan fingerprint density at radius 2 is 2.22 bits per heavy atom. The maximum atomic E-state index is 10.9. The Kier molecular flexibility index (Phi) is 3.30. The van der Waals surface area contributed by atoms with Crippen molar-refractivity contribution < 1.29 is 9.53 Å². The molecule has 0 saturated heterocycles. The monoisotopic (exact) mass is 248 g/mol. The topological polar surface area (TPSA) is 78.3 Å². The fourth-order valence-corrected chi connectivity index (χ4v) is 2.24. The van der Waals surface area contributed by atoms with E-state index in [1.54, 1.807) is 0 Å². The number of primary amides is 1. The molecule has 0 spiro atoms. The van der Waals surface area contributed by atoms with Crippen LogP contribution < -0.4 is 16.2 Å². The van der Waals surface area contributed by atoms with E-state index < -0.39 is 0 Å². The summed E-state index contributed by atoms with van der Waals surface area (Å²) in [5, 5.41) is 0. The Bertz CT molecular complexity index is 469. The first-order chi connectivity index (χ1) is 8.37. The SMILES string of the molecule is CC1(C)CCc2cc(C(N)CC(N)=O)ccc2O1. The van der Waals surface area contributed by atoms with E-state index in [0.717, 1.165) is 29.7 Å². The molecule has 1 atom stereocenters. The van der Waals surface area contributed by atoms with Gasteiger partial charge in [-0.05, 0) is 43.9 Å². The van der Waals surface area contributed by atoms with Gasteiger partial charge in [-0.2, -0.15) is 0 Å². The highest BCUT2D eigenvalue weighted by Gasteiger charge is 2.26. The van der Waals surface area contributed by atoms with Gasteiger partial charge in [-0.3, -0.25) is 4.79 Å². The highest BCUT2D eigenvalue weighted by molar-refractivity contribution is 5.74. The zero-order valence-electron chi connectivity index (χ0n) is 10.9. The van der Waals surface area contributed by atoms with Crippen molar-refractivity contribution in [1.29, 1.82) is 0 Å². The van der Waals surface area contributed by atoms with Gasteiger partial charge in [0.05, 0.1) is 0 Å². The van der Waals surface area contributed by atoms with Gasteiger partial charge in [0.25, 0.3) is 0 Å². The first-order valence-corrected chi connectivity index (χ1v) is 6.23. The number of carbonyl (C=O) groups is 1. The fraction of sp³-hybridized carbons (Fsp3) is 0.500. The number of rotatable bonds is 3. The molecule has 4 N–H and O–H groups in total. The van der Waals surface area contributed by atoms with Crippen LogP contribution in [0.15, 0.2) is 18.2 Å². The molecule has 0 aromatic heterocycles. The highest BCUT2D eigenvalue weighted by atomic mass is 16.5. The van der Waals surface area contributed by atoms with Crippen LogP contribution in [0.2, 0.25) is 0 Å². The molecule has 1 heterocycles. The normalized spacial score (nSPS) is 18.6. The molecule has 1 unspecified atom stereocenters. The Labute approximate surface area is 107 Å². The number of aryl methyl sites for hydroxylation is 1. The summed E-state index contributed by atoms with van der Waals surface area (Å²) >= 11 is 0. The minimum absolute atomic E-state index is 0.107. The van der Waals surface area contributed by atoms with Crippen molar-refractivity contribution in [3.05, 3.63) is 29.3 Å². The Hall–Kier alpha value is -1.55. The van der Waals surface area contributed by atoms with Gasteiger partial charge < -0.3 is 16.2 Å². The average molecular weight is 248 g/mol. The van der Waals surface area contributed by atoms with Crippen molar-refractivity contribution in [3.63, 3.8) is 0 Å². The lowest BCUT2D eigenvalue weighted by molar-refractivity contribution is -0.118. The molecule has 1 aromatic carbocycles. The van der Waals surface area contributed by atoms with Gasteiger partial charge in [0.1, 0.15) is 11.4 Å². The summed E-state index contributed by atoms with van der Waals surface area (Å²) in [6.07, 6.45) is 2.12. The number of amides is 1. The lowest BCUT2D eigenvalue weighted by Gasteiger charge is -2.33. The van der Waals surface area contributed by atoms with E-state index in [-0.39, 0.29) is 24.0 Å². The molecule has 0 aliphatic carbocycles. The molecule has 4 heteroatoms. The van der Waals surface area contributed by atoms with Gasteiger partial charge in [-0.25, -0.2) is 0 Å². The summed E-state index contributed by atoms with van der Waals surface area (Å²) < 4.78 is 5.90. The standard InChI is InChI=1S/C14H20N2O2/c1-14(2)6-5-10-7-9(3-4-12(10)18-14)11(15)8-13(16)17/h3-4,7,11H,5-6,8,15H2,1-2H3,(H2,16,17). The summed E-state index contributed by atoms with van der Waals surface area (Å²) in [5.74, 6) is 0.541. The molecule has 1 aliphatic rings. The summed E-state index contributed by atoms with van der Waals surface area (Å²) in [6, 6.07) is 5.54. The van der Waals surface area contributed by atoms with Crippen LogP contribution in [0.25, 0.3) is 0 Å². The molecule has 1 amide bonds. The van der Waals surface area contributed by atoms with Crippen LogP contribution in [0.1, 0.15) is 43.9 Å². The predicted octanol–water partition coefficient (Wildman–Crippen LogP) is 1.67. The molecule has 1 aliphatic heterocycles. The van der Waals surface area contributed by atoms with Crippen molar-refractivity contribution >= 4 is 5.91 Å². The number of hydrogen-bond acceptors (Lipinski definition) is 3. The van der Waals surface area contributed by atoms with Gasteiger partial charge in [0, 0.05) is 12.5 Å². The van der Waals surface area contributed by atoms with Gasteiger partial charge in [0.2, 0.25) is 5.91 Å². The first kappa shape index (κ1) is 12.9. The van der Waals surface area contributed by atoms with Crippen LogP contribution in [-0.4, -0.2) is 11.5 Å². The fourth-order valence-electron chi connectivity index (χ4n) is 2.24. The highest BCUT2D eigenvalue weighted by Crippen LogP contribution is 2.34. The third-order valence-corrected chi connectivity index (χ3v) is 3.32. The zero-order valence-corrected chi connectivity index (χ0v) is 10.9. The quantitative estimate of drug-likeness (QED) is 0.854. The Morgan fingerprint density at radius 3 is 2.89 bits per heavy atom. The van der Waals surface area contributed by atoms with Crippen LogP contribution in [0.4, 0.5) is 0 Å². The summed E-state index contributed by atoms with van der Waals surface area (Å²) in [6.45, 7) is 4.17. The van der Waals surface area contributed by atoms with Crippen LogP contribution in [-0.2, 0) is 11.2 Å². The van der Waals surface area contributed by atoms with Crippen molar-refractivity contribution in [3.8, 4) is 5.75 Å². The van der Waals surface area contributed by atoms with E-state index in [1.807, 2.05) is 18.2 Å². The second-order valence-electron chi connectivity index (χ2n) is 5.51. The van der Waals surface area contributed by atoms with Gasteiger partial charge in [-0.15, -0.1) is 0 Å². The number of hydrogen-bond donors (Lipinski definition) is 2. The molecule has 2 rings (SSSR count). The van der Waals surface area contributed by atoms with Gasteiger partial charge >= 0.3 is 0 Å². The first-order valence-electron chi connectivity index (χ1n) is 6.23. The van der Waals surface area contributed by atoms with Gasteiger partial charge in [0.15, 0.2) is 0 Å². The molecule has 18 heavy (non-hydrogen) atoms. The maximum Gasteiger partial charge on any atom is 0.219 e. The molecule has 0 saturated carbocycles. The van der Waals surface area contributed by atoms with E-state index in [4.69, 9.17) is 16.2 Å². The average Bonchev–Trinajstić information content (AvgIpc) is 2.26. The van der Waals surface area contributed by atoms with Crippen molar-refractivity contribution in [2.45, 2.75) is 44.8 Å². The largest absolute Gasteiger partial charge is 0.488 e. The third kappa shape index (κ3) is 2.82. The molecule has 0 radical (unpaired) electrons. The Morgan fingerprint density at radius 1 is 1.50 bits per heavy atom. The molecular formula is C14H20N2O2. The third-order valence-electron chi connectivity index (χ3n) is 3.32. The second-order valence-corrected chi connectivity index (χ2v) is 5.51. The molecule has 1 aromatic rings. The van der Waals surface area contributed by atoms with E-state index in [2.05, 4.69) is 13.8 Å². The van der Waals surface area contributed by atoms with E-state index in [0.29, 0.717) is 0 Å². The number of ether oxygens (including phenoxy) is 1. The van der Waals surface area contributed by atoms with Crippen LogP contribution in [0.5, 0.6) is 5.75 Å². The predicted molar refractivity (Wildman–Crippen MR) is 70.2 cm³/mol. The number of carbonyl (C=O) groups excluding carboxylic acids is 1. The van der Waals surface area contributed by atoms with Crippen molar-refractivity contribution in [1.82, 2.24) is 0 Å². The van der Waals surface area contributed by atoms with E-state index in [1.165, 1.54) is 0 Å². The Balaban J connectivity index is 2.21. The van der Waals surface area contributed by atoms with Crippen molar-refractivity contribution in [2.24, 2.45) is 11.5 Å². The number of benzene rings is 1. The smallest absolute Gasteiger partial charge is 0.219 e. The summed E-state index contributed by atoms with van der Waals surface area (Å²) in [4.78, 5) is 10.9. The molecule has 0 bridgehead atoms. The second kappa shape index (κ2) is 4.61. The van der Waals surface area contributed by atoms with E-state index >= 15 is 0 Å². The van der Waals surface area contributed by atoms with Crippen LogP contribution in [0.3, 0.4) is 0 Å². The van der Waals surface area contributed by atoms with Crippen LogP contribution >= 0.6 is 0 Å². The van der Waals surface area contributed by atoms with Crippen LogP contribution in [0, 0.1) is 0 Å². The molecule has 4 nitrogen and oxygen atoms in total. The maximum absolute atomic E-state index is 10.9. The molecule has 98 valence electrons. The minimum atomic E-state index is -0.377. The lowest BCUT2D eigenvalue weighted by atomic mass is 9.92. The van der Waals surface area contributed by atoms with E-state index in [9.17, 15) is 4.79 Å². The number of fused-ring (bicyclic) bond motifs is 1. The minimum Gasteiger partial charge on any atom is -0.488 e.